The van der Waals surface area contributed by atoms with Crippen molar-refractivity contribution in [2.45, 2.75) is 13.1 Å². The lowest BCUT2D eigenvalue weighted by Gasteiger charge is -2.26. The van der Waals surface area contributed by atoms with Crippen LogP contribution in [0.3, 0.4) is 0 Å². The van der Waals surface area contributed by atoms with Gasteiger partial charge in [0.15, 0.2) is 11.5 Å². The molecule has 11 nitrogen and oxygen atoms in total. The Hall–Kier alpha value is -3.57. The largest absolute Gasteiger partial charge is 0.481 e. The van der Waals surface area contributed by atoms with Crippen molar-refractivity contribution in [1.82, 2.24) is 29.9 Å². The third-order valence-electron chi connectivity index (χ3n) is 4.95. The Morgan fingerprint density at radius 3 is 2.58 bits per heavy atom. The molecule has 3 heterocycles. The average molecular weight is 424 g/mol. The van der Waals surface area contributed by atoms with Gasteiger partial charge < -0.3 is 20.5 Å². The van der Waals surface area contributed by atoms with Crippen LogP contribution in [-0.2, 0) is 17.8 Å². The highest BCUT2D eigenvalue weighted by Crippen LogP contribution is 2.16. The van der Waals surface area contributed by atoms with Gasteiger partial charge >= 0.3 is 0 Å². The summed E-state index contributed by atoms with van der Waals surface area (Å²) < 4.78 is 11.9. The molecule has 11 heteroatoms. The van der Waals surface area contributed by atoms with Crippen molar-refractivity contribution in [2.75, 3.05) is 44.5 Å². The molecule has 31 heavy (non-hydrogen) atoms. The quantitative estimate of drug-likeness (QED) is 0.565. The molecule has 0 atom stereocenters. The minimum Gasteiger partial charge on any atom is -0.481 e. The second-order valence-corrected chi connectivity index (χ2v) is 7.09. The van der Waals surface area contributed by atoms with Gasteiger partial charge in [0.25, 0.3) is 5.91 Å². The molecular formula is C20H24N8O3. The minimum absolute atomic E-state index is 0.0292. The molecule has 0 unspecified atom stereocenters. The molecule has 0 spiro atoms. The lowest BCUT2D eigenvalue weighted by Crippen LogP contribution is -2.35. The van der Waals surface area contributed by atoms with E-state index in [9.17, 15) is 4.79 Å². The fourth-order valence-corrected chi connectivity index (χ4v) is 3.23. The summed E-state index contributed by atoms with van der Waals surface area (Å²) in [6, 6.07) is 9.74. The monoisotopic (exact) mass is 424 g/mol. The number of benzene rings is 1. The number of nitrogens with one attached hydrogen (secondary N) is 1. The number of morpholine rings is 1. The summed E-state index contributed by atoms with van der Waals surface area (Å²) >= 11 is 0. The van der Waals surface area contributed by atoms with E-state index in [0.29, 0.717) is 12.4 Å². The summed E-state index contributed by atoms with van der Waals surface area (Å²) in [5.74, 6) is 0.280. The van der Waals surface area contributed by atoms with Gasteiger partial charge in [0.2, 0.25) is 5.88 Å². The number of nitrogens with zero attached hydrogens (tertiary/aromatic N) is 6. The van der Waals surface area contributed by atoms with Crippen molar-refractivity contribution in [3.8, 4) is 5.88 Å². The number of nitrogens with two attached hydrogens (primary N) is 1. The molecule has 2 aromatic heterocycles. The molecule has 3 N–H and O–H groups in total. The van der Waals surface area contributed by atoms with E-state index in [1.165, 1.54) is 29.7 Å². The topological polar surface area (TPSA) is 133 Å². The first-order valence-electron chi connectivity index (χ1n) is 9.86. The molecule has 1 aromatic carbocycles. The second-order valence-electron chi connectivity index (χ2n) is 7.09. The summed E-state index contributed by atoms with van der Waals surface area (Å²) in [4.78, 5) is 22.8. The minimum atomic E-state index is -0.509. The number of hydrogen-bond acceptors (Lipinski definition) is 9. The Bertz CT molecular complexity index is 1030. The van der Waals surface area contributed by atoms with Gasteiger partial charge in [0.05, 0.1) is 26.9 Å². The molecule has 3 aromatic rings. The molecule has 162 valence electrons. The maximum absolute atomic E-state index is 12.5. The van der Waals surface area contributed by atoms with Crippen molar-refractivity contribution in [2.24, 2.45) is 0 Å². The molecule has 0 radical (unpaired) electrons. The molecule has 1 aliphatic rings. The van der Waals surface area contributed by atoms with E-state index in [2.05, 4.69) is 42.6 Å². The van der Waals surface area contributed by atoms with Crippen LogP contribution >= 0.6 is 0 Å². The molecule has 4 rings (SSSR count). The number of hydrogen-bond donors (Lipinski definition) is 2. The van der Waals surface area contributed by atoms with Gasteiger partial charge in [0.1, 0.15) is 12.1 Å². The first kappa shape index (κ1) is 20.7. The normalized spacial score (nSPS) is 14.4. The van der Waals surface area contributed by atoms with Crippen molar-refractivity contribution in [3.05, 3.63) is 53.5 Å². The standard InChI is InChI=1S/C20H24N8O3/c1-30-17-10-16(22-13-23-17)24-20(29)18-19(21)28(26-25-18)12-15-4-2-14(3-5-15)11-27-6-8-31-9-7-27/h2-5,10,13H,6-9,11-12,21H2,1H3,(H,22,23,24,29). The van der Waals surface area contributed by atoms with Crippen molar-refractivity contribution in [1.29, 1.82) is 0 Å². The number of rotatable bonds is 7. The number of methoxy groups -OCH3 is 1. The zero-order chi connectivity index (χ0) is 21.6. The average Bonchev–Trinajstić information content (AvgIpc) is 3.16. The summed E-state index contributed by atoms with van der Waals surface area (Å²) in [6.07, 6.45) is 1.29. The molecule has 0 aliphatic carbocycles. The third-order valence-corrected chi connectivity index (χ3v) is 4.95. The summed E-state index contributed by atoms with van der Waals surface area (Å²) in [6.45, 7) is 4.76. The smallest absolute Gasteiger partial charge is 0.281 e. The van der Waals surface area contributed by atoms with Crippen molar-refractivity contribution in [3.63, 3.8) is 0 Å². The van der Waals surface area contributed by atoms with Crippen LogP contribution < -0.4 is 15.8 Å². The molecule has 1 saturated heterocycles. The molecule has 0 saturated carbocycles. The van der Waals surface area contributed by atoms with Gasteiger partial charge in [-0.15, -0.1) is 5.10 Å². The SMILES string of the molecule is COc1cc(NC(=O)c2nnn(Cc3ccc(CN4CCOCC4)cc3)c2N)ncn1. The molecule has 1 fully saturated rings. The van der Waals surface area contributed by atoms with Crippen molar-refractivity contribution < 1.29 is 14.3 Å². The number of nitrogen functional groups attached to an aromatic ring is 1. The Balaban J connectivity index is 1.39. The second kappa shape index (κ2) is 9.49. The van der Waals surface area contributed by atoms with E-state index in [4.69, 9.17) is 15.2 Å². The van der Waals surface area contributed by atoms with Crippen LogP contribution in [-0.4, -0.2) is 69.2 Å². The number of amides is 1. The Morgan fingerprint density at radius 1 is 1.16 bits per heavy atom. The molecular weight excluding hydrogens is 400 g/mol. The van der Waals surface area contributed by atoms with E-state index in [1.807, 2.05) is 12.1 Å². The van der Waals surface area contributed by atoms with E-state index in [1.54, 1.807) is 0 Å². The number of carbonyl (C=O) groups excluding carboxylic acids is 1. The van der Waals surface area contributed by atoms with Gasteiger partial charge in [-0.25, -0.2) is 14.6 Å². The van der Waals surface area contributed by atoms with Crippen LogP contribution in [0.4, 0.5) is 11.6 Å². The zero-order valence-electron chi connectivity index (χ0n) is 17.2. The number of aromatic nitrogens is 5. The van der Waals surface area contributed by atoms with Gasteiger partial charge in [-0.3, -0.25) is 9.69 Å². The predicted molar refractivity (Wildman–Crippen MR) is 113 cm³/mol. The first-order valence-corrected chi connectivity index (χ1v) is 9.86. The molecule has 0 bridgehead atoms. The van der Waals surface area contributed by atoms with Gasteiger partial charge in [-0.1, -0.05) is 29.5 Å². The predicted octanol–water partition coefficient (Wildman–Crippen LogP) is 0.792. The lowest BCUT2D eigenvalue weighted by molar-refractivity contribution is 0.0342. The maximum atomic E-state index is 12.5. The molecule has 1 aliphatic heterocycles. The number of carbonyl (C=O) groups is 1. The van der Waals surface area contributed by atoms with Crippen LogP contribution in [0.5, 0.6) is 5.88 Å². The fraction of sp³-hybridized carbons (Fsp3) is 0.350. The highest BCUT2D eigenvalue weighted by atomic mass is 16.5. The van der Waals surface area contributed by atoms with E-state index in [0.717, 1.165) is 38.4 Å². The van der Waals surface area contributed by atoms with E-state index in [-0.39, 0.29) is 17.3 Å². The lowest BCUT2D eigenvalue weighted by atomic mass is 10.1. The van der Waals surface area contributed by atoms with Gasteiger partial charge in [-0.05, 0) is 11.1 Å². The highest BCUT2D eigenvalue weighted by Gasteiger charge is 2.19. The number of ether oxygens (including phenoxy) is 2. The van der Waals surface area contributed by atoms with Crippen LogP contribution in [0.15, 0.2) is 36.7 Å². The molecule has 1 amide bonds. The first-order chi connectivity index (χ1) is 15.1. The summed E-state index contributed by atoms with van der Waals surface area (Å²) in [7, 11) is 1.48. The Morgan fingerprint density at radius 2 is 1.87 bits per heavy atom. The van der Waals surface area contributed by atoms with Crippen LogP contribution in [0.2, 0.25) is 0 Å². The fourth-order valence-electron chi connectivity index (χ4n) is 3.23. The van der Waals surface area contributed by atoms with Gasteiger partial charge in [0, 0.05) is 25.7 Å². The maximum Gasteiger partial charge on any atom is 0.281 e. The third kappa shape index (κ3) is 5.13. The van der Waals surface area contributed by atoms with Crippen molar-refractivity contribution >= 4 is 17.5 Å². The van der Waals surface area contributed by atoms with Gasteiger partial charge in [-0.2, -0.15) is 0 Å². The summed E-state index contributed by atoms with van der Waals surface area (Å²) in [5, 5.41) is 10.6. The van der Waals surface area contributed by atoms with Crippen LogP contribution in [0.25, 0.3) is 0 Å². The van der Waals surface area contributed by atoms with E-state index < -0.39 is 5.91 Å². The number of anilines is 2. The van der Waals surface area contributed by atoms with E-state index >= 15 is 0 Å². The zero-order valence-corrected chi connectivity index (χ0v) is 17.2. The Kier molecular flexibility index (Phi) is 6.34. The Labute approximate surface area is 179 Å². The highest BCUT2D eigenvalue weighted by molar-refractivity contribution is 6.05. The van der Waals surface area contributed by atoms with Crippen LogP contribution in [0, 0.1) is 0 Å². The summed E-state index contributed by atoms with van der Waals surface area (Å²) in [5.41, 5.74) is 8.39. The van der Waals surface area contributed by atoms with Crippen LogP contribution in [0.1, 0.15) is 21.6 Å².